The smallest absolute Gasteiger partial charge is 0.336 e. The van der Waals surface area contributed by atoms with Crippen molar-refractivity contribution in [1.82, 2.24) is 0 Å². The van der Waals surface area contributed by atoms with Gasteiger partial charge in [0.1, 0.15) is 37.9 Å². The molecule has 1 fully saturated rings. The number of hydrogen-bond acceptors (Lipinski definition) is 6. The summed E-state index contributed by atoms with van der Waals surface area (Å²) in [6.07, 6.45) is -0.580. The summed E-state index contributed by atoms with van der Waals surface area (Å²) in [5.74, 6) is 0.982. The molecule has 0 amide bonds. The molecule has 2 aromatic rings. The van der Waals surface area contributed by atoms with Gasteiger partial charge in [0, 0.05) is 17.5 Å². The van der Waals surface area contributed by atoms with Crippen LogP contribution in [0.2, 0.25) is 0 Å². The number of benzene rings is 1. The number of ether oxygens (including phenoxy) is 3. The Morgan fingerprint density at radius 2 is 2.00 bits per heavy atom. The van der Waals surface area contributed by atoms with Gasteiger partial charge < -0.3 is 28.6 Å². The zero-order valence-corrected chi connectivity index (χ0v) is 14.5. The normalized spacial score (nSPS) is 16.8. The summed E-state index contributed by atoms with van der Waals surface area (Å²) in [6.45, 7) is 5.88. The second-order valence-corrected chi connectivity index (χ2v) is 6.28. The van der Waals surface area contributed by atoms with Crippen molar-refractivity contribution in [2.45, 2.75) is 13.0 Å². The Morgan fingerprint density at radius 3 is 2.72 bits per heavy atom. The van der Waals surface area contributed by atoms with Gasteiger partial charge in [-0.15, -0.1) is 0 Å². The molecule has 1 aromatic carbocycles. The highest BCUT2D eigenvalue weighted by Crippen LogP contribution is 2.33. The molecular formula is C18H24NO6+. The molecule has 0 aliphatic carbocycles. The van der Waals surface area contributed by atoms with Gasteiger partial charge in [-0.2, -0.15) is 0 Å². The van der Waals surface area contributed by atoms with Crippen LogP contribution in [0.4, 0.5) is 0 Å². The number of nitrogens with one attached hydrogen (secondary N) is 1. The monoisotopic (exact) mass is 350 g/mol. The van der Waals surface area contributed by atoms with Gasteiger partial charge in [0.2, 0.25) is 0 Å². The first-order valence-electron chi connectivity index (χ1n) is 8.41. The number of rotatable bonds is 6. The van der Waals surface area contributed by atoms with Crippen molar-refractivity contribution in [3.05, 3.63) is 34.2 Å². The molecule has 0 unspecified atom stereocenters. The van der Waals surface area contributed by atoms with E-state index >= 15 is 0 Å². The zero-order valence-electron chi connectivity index (χ0n) is 14.5. The Kier molecular flexibility index (Phi) is 5.57. The standard InChI is InChI=1S/C18H23NO6/c1-12-7-18(21)25-15-9-16(22-2)17(8-14(12)15)24-11-13(20)10-19-3-5-23-6-4-19/h7-9,13,20H,3-6,10-11H2,1-2H3/p+1/t13-/m1/s1. The second-order valence-electron chi connectivity index (χ2n) is 6.28. The molecular weight excluding hydrogens is 326 g/mol. The summed E-state index contributed by atoms with van der Waals surface area (Å²) in [5, 5.41) is 11.0. The van der Waals surface area contributed by atoms with E-state index < -0.39 is 11.7 Å². The minimum Gasteiger partial charge on any atom is -0.493 e. The van der Waals surface area contributed by atoms with Gasteiger partial charge in [-0.3, -0.25) is 0 Å². The van der Waals surface area contributed by atoms with E-state index in [-0.39, 0.29) is 6.61 Å². The number of morpholine rings is 1. The van der Waals surface area contributed by atoms with E-state index in [1.165, 1.54) is 18.1 Å². The minimum atomic E-state index is -0.580. The third-order valence-corrected chi connectivity index (χ3v) is 4.39. The van der Waals surface area contributed by atoms with Crippen LogP contribution in [-0.2, 0) is 4.74 Å². The van der Waals surface area contributed by atoms with E-state index in [2.05, 4.69) is 0 Å². The van der Waals surface area contributed by atoms with Gasteiger partial charge in [-0.05, 0) is 18.6 Å². The second kappa shape index (κ2) is 7.86. The topological polar surface area (TPSA) is 82.6 Å². The van der Waals surface area contributed by atoms with Crippen LogP contribution in [0.1, 0.15) is 5.56 Å². The summed E-state index contributed by atoms with van der Waals surface area (Å²) in [4.78, 5) is 12.8. The molecule has 1 aromatic heterocycles. The number of methoxy groups -OCH3 is 1. The number of hydrogen-bond donors (Lipinski definition) is 2. The lowest BCUT2D eigenvalue weighted by Gasteiger charge is -2.25. The molecule has 0 bridgehead atoms. The fourth-order valence-corrected chi connectivity index (χ4v) is 3.04. The van der Waals surface area contributed by atoms with Crippen LogP contribution < -0.4 is 20.0 Å². The minimum absolute atomic E-state index is 0.169. The highest BCUT2D eigenvalue weighted by molar-refractivity contribution is 5.83. The maximum absolute atomic E-state index is 11.5. The van der Waals surface area contributed by atoms with E-state index in [1.807, 2.05) is 6.92 Å². The van der Waals surface area contributed by atoms with Gasteiger partial charge in [0.15, 0.2) is 11.5 Å². The summed E-state index contributed by atoms with van der Waals surface area (Å²) < 4.78 is 21.6. The summed E-state index contributed by atoms with van der Waals surface area (Å²) in [6, 6.07) is 4.86. The number of aliphatic hydroxyl groups is 1. The zero-order chi connectivity index (χ0) is 17.8. The van der Waals surface area contributed by atoms with Crippen LogP contribution in [0.15, 0.2) is 27.4 Å². The maximum Gasteiger partial charge on any atom is 0.336 e. The molecule has 136 valence electrons. The molecule has 0 saturated carbocycles. The SMILES string of the molecule is COc1cc2oc(=O)cc(C)c2cc1OC[C@H](O)C[NH+]1CCOCC1. The molecule has 0 radical (unpaired) electrons. The van der Waals surface area contributed by atoms with Crippen molar-refractivity contribution in [3.8, 4) is 11.5 Å². The van der Waals surface area contributed by atoms with Crippen molar-refractivity contribution in [1.29, 1.82) is 0 Å². The lowest BCUT2D eigenvalue weighted by Crippen LogP contribution is -3.15. The van der Waals surface area contributed by atoms with E-state index in [0.29, 0.717) is 23.6 Å². The molecule has 2 heterocycles. The molecule has 1 saturated heterocycles. The van der Waals surface area contributed by atoms with Crippen molar-refractivity contribution in [3.63, 3.8) is 0 Å². The van der Waals surface area contributed by atoms with E-state index in [1.54, 1.807) is 12.1 Å². The van der Waals surface area contributed by atoms with Crippen LogP contribution in [0.3, 0.4) is 0 Å². The fourth-order valence-electron chi connectivity index (χ4n) is 3.04. The van der Waals surface area contributed by atoms with E-state index in [9.17, 15) is 9.90 Å². The average Bonchev–Trinajstić information content (AvgIpc) is 2.60. The van der Waals surface area contributed by atoms with Crippen molar-refractivity contribution < 1.29 is 28.6 Å². The molecule has 7 nitrogen and oxygen atoms in total. The average molecular weight is 350 g/mol. The Labute approximate surface area is 145 Å². The summed E-state index contributed by atoms with van der Waals surface area (Å²) in [5.41, 5.74) is 0.856. The number of fused-ring (bicyclic) bond motifs is 1. The van der Waals surface area contributed by atoms with Crippen LogP contribution >= 0.6 is 0 Å². The van der Waals surface area contributed by atoms with E-state index in [0.717, 1.165) is 37.3 Å². The first-order chi connectivity index (χ1) is 12.1. The third kappa shape index (κ3) is 4.31. The molecule has 1 aliphatic heterocycles. The lowest BCUT2D eigenvalue weighted by molar-refractivity contribution is -0.911. The highest BCUT2D eigenvalue weighted by Gasteiger charge is 2.19. The van der Waals surface area contributed by atoms with Crippen LogP contribution in [0, 0.1) is 6.92 Å². The van der Waals surface area contributed by atoms with Gasteiger partial charge in [0.05, 0.1) is 20.3 Å². The lowest BCUT2D eigenvalue weighted by atomic mass is 10.1. The highest BCUT2D eigenvalue weighted by atomic mass is 16.5. The predicted octanol–water partition coefficient (Wildman–Crippen LogP) is -0.235. The maximum atomic E-state index is 11.5. The predicted molar refractivity (Wildman–Crippen MR) is 91.7 cm³/mol. The Morgan fingerprint density at radius 1 is 1.24 bits per heavy atom. The largest absolute Gasteiger partial charge is 0.493 e. The van der Waals surface area contributed by atoms with Crippen LogP contribution in [0.5, 0.6) is 11.5 Å². The third-order valence-electron chi connectivity index (χ3n) is 4.39. The van der Waals surface area contributed by atoms with Gasteiger partial charge in [0.25, 0.3) is 0 Å². The van der Waals surface area contributed by atoms with Crippen LogP contribution in [0.25, 0.3) is 11.0 Å². The number of aryl methyl sites for hydroxylation is 1. The van der Waals surface area contributed by atoms with Gasteiger partial charge in [-0.25, -0.2) is 4.79 Å². The molecule has 7 heteroatoms. The summed E-state index contributed by atoms with van der Waals surface area (Å²) >= 11 is 0. The quantitative estimate of drug-likeness (QED) is 0.700. The van der Waals surface area contributed by atoms with Crippen molar-refractivity contribution in [2.24, 2.45) is 0 Å². The number of aliphatic hydroxyl groups excluding tert-OH is 1. The molecule has 0 spiro atoms. The molecule has 3 rings (SSSR count). The Balaban J connectivity index is 1.72. The molecule has 1 atom stereocenters. The Bertz CT molecular complexity index is 781. The van der Waals surface area contributed by atoms with Crippen LogP contribution in [-0.4, -0.2) is 57.8 Å². The van der Waals surface area contributed by atoms with Crippen molar-refractivity contribution in [2.75, 3.05) is 46.6 Å². The van der Waals surface area contributed by atoms with E-state index in [4.69, 9.17) is 18.6 Å². The Hall–Kier alpha value is -2.09. The number of quaternary nitrogens is 1. The first-order valence-corrected chi connectivity index (χ1v) is 8.41. The first kappa shape index (κ1) is 17.7. The van der Waals surface area contributed by atoms with Gasteiger partial charge >= 0.3 is 5.63 Å². The van der Waals surface area contributed by atoms with Crippen molar-refractivity contribution >= 4 is 11.0 Å². The van der Waals surface area contributed by atoms with Gasteiger partial charge in [-0.1, -0.05) is 0 Å². The molecule has 25 heavy (non-hydrogen) atoms. The fraction of sp³-hybridized carbons (Fsp3) is 0.500. The molecule has 2 N–H and O–H groups in total. The molecule has 1 aliphatic rings. The summed E-state index contributed by atoms with van der Waals surface area (Å²) in [7, 11) is 1.52.